The fraction of sp³-hybridized carbons (Fsp3) is 0.625. The number of aliphatic hydroxyl groups is 12. The monoisotopic (exact) mass is 1240 g/mol. The van der Waals surface area contributed by atoms with Gasteiger partial charge in [0.25, 0.3) is 0 Å². The largest absolute Gasteiger partial charge is 0.394 e. The van der Waals surface area contributed by atoms with Gasteiger partial charge in [0.05, 0.1) is 82.9 Å². The average molecular weight is 1250 g/mol. The molecule has 0 bridgehead atoms. The van der Waals surface area contributed by atoms with Gasteiger partial charge in [0.2, 0.25) is 0 Å². The molecule has 4 aromatic carbocycles. The van der Waals surface area contributed by atoms with Gasteiger partial charge in [-0.2, -0.15) is 0 Å². The molecule has 4 aliphatic rings. The average Bonchev–Trinajstić information content (AvgIpc) is 2.05. The number of benzene rings is 4. The van der Waals surface area contributed by atoms with E-state index in [0.717, 1.165) is 22.3 Å². The summed E-state index contributed by atoms with van der Waals surface area (Å²) in [4.78, 5) is 0. The van der Waals surface area contributed by atoms with Crippen molar-refractivity contribution in [1.82, 2.24) is 0 Å². The summed E-state index contributed by atoms with van der Waals surface area (Å²) in [6, 6.07) is 39.3. The van der Waals surface area contributed by atoms with Gasteiger partial charge in [-0.05, 0) is 56.4 Å². The Balaban J connectivity index is 0.000000310. The van der Waals surface area contributed by atoms with E-state index >= 15 is 0 Å². The van der Waals surface area contributed by atoms with Gasteiger partial charge in [0, 0.05) is 5.92 Å². The van der Waals surface area contributed by atoms with E-state index in [1.54, 1.807) is 0 Å². The molecule has 0 spiro atoms. The van der Waals surface area contributed by atoms with Gasteiger partial charge in [-0.15, -0.1) is 0 Å². The minimum Gasteiger partial charge on any atom is -0.394 e. The summed E-state index contributed by atoms with van der Waals surface area (Å²) >= 11 is 0. The van der Waals surface area contributed by atoms with Crippen LogP contribution in [0.15, 0.2) is 121 Å². The van der Waals surface area contributed by atoms with Gasteiger partial charge in [-0.1, -0.05) is 135 Å². The number of ether oxygens (including phenoxy) is 12. The van der Waals surface area contributed by atoms with Crippen molar-refractivity contribution in [2.75, 3.05) is 33.0 Å². The Hall–Kier alpha value is -4.08. The van der Waals surface area contributed by atoms with Crippen LogP contribution in [-0.2, 0) is 83.3 Å². The molecule has 0 saturated carbocycles. The van der Waals surface area contributed by atoms with Crippen LogP contribution < -0.4 is 0 Å². The highest BCUT2D eigenvalue weighted by Crippen LogP contribution is 2.37. The number of rotatable bonds is 28. The molecular formula is C64H92O24. The van der Waals surface area contributed by atoms with E-state index in [1.165, 1.54) is 27.7 Å². The van der Waals surface area contributed by atoms with E-state index in [-0.39, 0.29) is 33.0 Å². The third kappa shape index (κ3) is 19.7. The molecule has 24 nitrogen and oxygen atoms in total. The van der Waals surface area contributed by atoms with Crippen LogP contribution in [0.1, 0.15) is 70.2 Å². The predicted octanol–water partition coefficient (Wildman–Crippen LogP) is 1.11. The zero-order valence-electron chi connectivity index (χ0n) is 50.6. The van der Waals surface area contributed by atoms with Crippen molar-refractivity contribution < 1.29 is 118 Å². The molecular weight excluding hydrogens is 1150 g/mol. The lowest BCUT2D eigenvalue weighted by molar-refractivity contribution is -0.381. The summed E-state index contributed by atoms with van der Waals surface area (Å²) in [6.07, 6.45) is -24.9. The fourth-order valence-corrected chi connectivity index (χ4v) is 10.3. The SMILES string of the molecule is CC(C)(O)[C@@H](O)CO[C@@H]1C(CO)O[C@H](O[C@H]2OC(CO)[C@@H](O)C(O)C2O)C(O)[C@H]1O.CCC1O[C@H](O[C@H]2OC(COCc3ccccc3)[C@@H](O)C(OCc3ccccc3)C2C)C(OCc2ccccc2)[C@@H](OCc2ccccc2)[C@@H]1OC[C@H](O)C(C)(C)O. The van der Waals surface area contributed by atoms with E-state index in [9.17, 15) is 61.3 Å². The summed E-state index contributed by atoms with van der Waals surface area (Å²) in [5.74, 6) is -0.456. The highest BCUT2D eigenvalue weighted by atomic mass is 16.8. The Morgan fingerprint density at radius 1 is 0.409 bits per heavy atom. The first kappa shape index (κ1) is 71.4. The maximum atomic E-state index is 11.7. The second-order valence-electron chi connectivity index (χ2n) is 23.7. The molecule has 8 rings (SSSR count). The minimum absolute atomic E-state index is 0.0904. The van der Waals surface area contributed by atoms with Gasteiger partial charge < -0.3 is 118 Å². The zero-order valence-corrected chi connectivity index (χ0v) is 50.6. The van der Waals surface area contributed by atoms with Gasteiger partial charge in [0.15, 0.2) is 25.2 Å². The Labute approximate surface area is 513 Å². The first-order valence-corrected chi connectivity index (χ1v) is 29.9. The van der Waals surface area contributed by atoms with Crippen LogP contribution in [0.2, 0.25) is 0 Å². The molecule has 10 unspecified atom stereocenters. The number of aliphatic hydroxyl groups excluding tert-OH is 10. The lowest BCUT2D eigenvalue weighted by Crippen LogP contribution is -2.64. The summed E-state index contributed by atoms with van der Waals surface area (Å²) < 4.78 is 73.8. The van der Waals surface area contributed by atoms with Crippen molar-refractivity contribution in [1.29, 1.82) is 0 Å². The molecule has 4 aliphatic heterocycles. The topological polar surface area (TPSA) is 354 Å². The van der Waals surface area contributed by atoms with E-state index in [2.05, 4.69) is 0 Å². The zero-order chi connectivity index (χ0) is 63.7. The van der Waals surface area contributed by atoms with E-state index in [4.69, 9.17) is 56.8 Å². The van der Waals surface area contributed by atoms with E-state index in [0.29, 0.717) is 13.0 Å². The minimum atomic E-state index is -1.76. The molecule has 24 heteroatoms. The molecule has 0 radical (unpaired) electrons. The lowest BCUT2D eigenvalue weighted by Gasteiger charge is -2.49. The summed E-state index contributed by atoms with van der Waals surface area (Å²) in [5, 5.41) is 122. The quantitative estimate of drug-likeness (QED) is 0.0379. The van der Waals surface area contributed by atoms with Crippen LogP contribution in [0.25, 0.3) is 0 Å². The highest BCUT2D eigenvalue weighted by Gasteiger charge is 2.54. The lowest BCUT2D eigenvalue weighted by atomic mass is 9.91. The molecule has 0 amide bonds. The molecule has 4 saturated heterocycles. The number of hydrogen-bond donors (Lipinski definition) is 12. The van der Waals surface area contributed by atoms with Gasteiger partial charge in [-0.3, -0.25) is 0 Å². The van der Waals surface area contributed by atoms with Crippen LogP contribution in [0.3, 0.4) is 0 Å². The predicted molar refractivity (Wildman–Crippen MR) is 312 cm³/mol. The van der Waals surface area contributed by atoms with Crippen LogP contribution in [0.5, 0.6) is 0 Å². The van der Waals surface area contributed by atoms with Crippen molar-refractivity contribution in [2.24, 2.45) is 5.92 Å². The third-order valence-electron chi connectivity index (χ3n) is 15.9. The Bertz CT molecular complexity index is 2540. The molecule has 492 valence electrons. The smallest absolute Gasteiger partial charge is 0.189 e. The van der Waals surface area contributed by atoms with Gasteiger partial charge >= 0.3 is 0 Å². The van der Waals surface area contributed by atoms with Crippen molar-refractivity contribution in [3.8, 4) is 0 Å². The molecule has 88 heavy (non-hydrogen) atoms. The van der Waals surface area contributed by atoms with Crippen LogP contribution in [0, 0.1) is 5.92 Å². The maximum Gasteiger partial charge on any atom is 0.189 e. The fourth-order valence-electron chi connectivity index (χ4n) is 10.3. The molecule has 4 fully saturated rings. The van der Waals surface area contributed by atoms with Crippen molar-refractivity contribution >= 4 is 0 Å². The second kappa shape index (κ2) is 34.0. The van der Waals surface area contributed by atoms with E-state index < -0.39 is 166 Å². The molecule has 12 N–H and O–H groups in total. The summed E-state index contributed by atoms with van der Waals surface area (Å²) in [7, 11) is 0. The summed E-state index contributed by atoms with van der Waals surface area (Å²) in [5.41, 5.74) is 0.961. The first-order valence-electron chi connectivity index (χ1n) is 29.9. The van der Waals surface area contributed by atoms with Gasteiger partial charge in [0.1, 0.15) is 91.6 Å². The number of hydrogen-bond acceptors (Lipinski definition) is 24. The normalized spacial score (nSPS) is 33.7. The first-order chi connectivity index (χ1) is 42.0. The van der Waals surface area contributed by atoms with Crippen LogP contribution in [0.4, 0.5) is 0 Å². The standard InChI is InChI=1S/C47H60O11.C17H32O13/c1-5-37-42(55-31-39(48)47(3,4)50)43(53-28-35-22-14-8-15-23-35)44(54-29-36-24-16-9-17-25-36)46(56-37)58-45-32(2)41(52-27-34-20-12-7-13-21-34)40(49)38(57-45)30-51-26-33-18-10-6-11-19-33;1-17(2,26)8(20)5-27-14-7(4-19)29-16(13(25)11(14)23)30-15-12(24)10(22)9(21)6(3-18)28-15/h6-25,32,37-46,48-50H,5,26-31H2,1-4H3;6-16,18-26H,3-5H2,1-2H3/t32?,37?,38?,39-,40+,41?,42+,43-,44?,45+,46+;6?,7?,8-,9+,10?,11+,12?,13?,14+,15+,16+/m00/s1. The molecule has 0 aliphatic carbocycles. The van der Waals surface area contributed by atoms with Crippen LogP contribution in [-0.4, -0.2) is 234 Å². The molecule has 0 aromatic heterocycles. The summed E-state index contributed by atoms with van der Waals surface area (Å²) in [6.45, 7) is 8.87. The molecule has 4 aromatic rings. The Kier molecular flexibility index (Phi) is 27.6. The Morgan fingerprint density at radius 3 is 1.27 bits per heavy atom. The van der Waals surface area contributed by atoms with Crippen molar-refractivity contribution in [2.45, 2.75) is 215 Å². The highest BCUT2D eigenvalue weighted by molar-refractivity contribution is 5.16. The molecule has 22 atom stereocenters. The molecule has 4 heterocycles. The Morgan fingerprint density at radius 2 is 0.807 bits per heavy atom. The van der Waals surface area contributed by atoms with Crippen molar-refractivity contribution in [3.05, 3.63) is 144 Å². The van der Waals surface area contributed by atoms with Crippen molar-refractivity contribution in [3.63, 3.8) is 0 Å². The van der Waals surface area contributed by atoms with Gasteiger partial charge in [-0.25, -0.2) is 0 Å². The second-order valence-corrected chi connectivity index (χ2v) is 23.7. The third-order valence-corrected chi connectivity index (χ3v) is 15.9. The van der Waals surface area contributed by atoms with Crippen LogP contribution >= 0.6 is 0 Å². The maximum absolute atomic E-state index is 11.7. The van der Waals surface area contributed by atoms with E-state index in [1.807, 2.05) is 135 Å².